The summed E-state index contributed by atoms with van der Waals surface area (Å²) in [5.74, 6) is 0.0461. The van der Waals surface area contributed by atoms with Gasteiger partial charge in [-0.15, -0.1) is 21.5 Å². The van der Waals surface area contributed by atoms with Crippen molar-refractivity contribution in [2.45, 2.75) is 39.2 Å². The van der Waals surface area contributed by atoms with Crippen molar-refractivity contribution in [2.75, 3.05) is 0 Å². The molecule has 0 aliphatic rings. The third-order valence-corrected chi connectivity index (χ3v) is 6.46. The molecular weight excluding hydrogens is 460 g/mol. The minimum absolute atomic E-state index is 0.000307. The van der Waals surface area contributed by atoms with Crippen LogP contribution in [0.1, 0.15) is 58.0 Å². The number of carboxylic acid groups (broad SMARTS) is 1. The average molecular weight is 483 g/mol. The summed E-state index contributed by atoms with van der Waals surface area (Å²) < 4.78 is 1.94. The standard InChI is InChI=1S/C23H23ClN6O2S/c1-2-3-10-20-25-21(23(31)32)19(30(20)14-15-7-4-5-9-18(15)24)13-16(22-26-28-29-27-22)12-17-8-6-11-33-17/h4-9,11,13H,2-3,10,12,14H2,1H3,(H,31,32)(H,26,27,28,29)/b16-13+. The Morgan fingerprint density at radius 1 is 1.27 bits per heavy atom. The number of tetrazole rings is 1. The fourth-order valence-corrected chi connectivity index (χ4v) is 4.50. The van der Waals surface area contributed by atoms with Crippen LogP contribution >= 0.6 is 22.9 Å². The molecule has 4 aromatic rings. The number of imidazole rings is 1. The van der Waals surface area contributed by atoms with Gasteiger partial charge in [0.05, 0.1) is 12.2 Å². The van der Waals surface area contributed by atoms with Crippen molar-refractivity contribution in [2.24, 2.45) is 0 Å². The van der Waals surface area contributed by atoms with E-state index < -0.39 is 5.97 Å². The topological polar surface area (TPSA) is 110 Å². The zero-order valence-corrected chi connectivity index (χ0v) is 19.6. The summed E-state index contributed by atoms with van der Waals surface area (Å²) in [6, 6.07) is 11.5. The number of hydrogen-bond donors (Lipinski definition) is 2. The van der Waals surface area contributed by atoms with Gasteiger partial charge in [-0.05, 0) is 40.8 Å². The lowest BCUT2D eigenvalue weighted by atomic mass is 10.1. The normalized spacial score (nSPS) is 11.8. The van der Waals surface area contributed by atoms with Crippen LogP contribution in [0.2, 0.25) is 5.02 Å². The van der Waals surface area contributed by atoms with E-state index >= 15 is 0 Å². The molecule has 2 N–H and O–H groups in total. The van der Waals surface area contributed by atoms with Crippen LogP contribution in [0, 0.1) is 0 Å². The van der Waals surface area contributed by atoms with Crippen LogP contribution in [-0.4, -0.2) is 41.3 Å². The number of halogens is 1. The molecule has 0 amide bonds. The molecule has 10 heteroatoms. The summed E-state index contributed by atoms with van der Waals surface area (Å²) in [5, 5.41) is 27.0. The molecule has 0 fully saturated rings. The van der Waals surface area contributed by atoms with Gasteiger partial charge in [-0.3, -0.25) is 0 Å². The van der Waals surface area contributed by atoms with Crippen molar-refractivity contribution in [3.8, 4) is 0 Å². The summed E-state index contributed by atoms with van der Waals surface area (Å²) >= 11 is 8.05. The largest absolute Gasteiger partial charge is 0.476 e. The summed E-state index contributed by atoms with van der Waals surface area (Å²) in [5.41, 5.74) is 2.13. The molecule has 0 saturated heterocycles. The van der Waals surface area contributed by atoms with E-state index in [1.807, 2.05) is 52.4 Å². The Kier molecular flexibility index (Phi) is 7.31. The number of aryl methyl sites for hydroxylation is 1. The first-order valence-electron chi connectivity index (χ1n) is 10.6. The van der Waals surface area contributed by atoms with Crippen molar-refractivity contribution < 1.29 is 9.90 Å². The second kappa shape index (κ2) is 10.5. The Morgan fingerprint density at radius 3 is 2.79 bits per heavy atom. The fourth-order valence-electron chi connectivity index (χ4n) is 3.57. The summed E-state index contributed by atoms with van der Waals surface area (Å²) in [6.07, 6.45) is 4.89. The van der Waals surface area contributed by atoms with Crippen molar-refractivity contribution >= 4 is 40.6 Å². The number of aromatic amines is 1. The minimum atomic E-state index is -1.08. The lowest BCUT2D eigenvalue weighted by molar-refractivity contribution is 0.0690. The van der Waals surface area contributed by atoms with Crippen LogP contribution in [0.3, 0.4) is 0 Å². The molecule has 1 aromatic carbocycles. The second-order valence-electron chi connectivity index (χ2n) is 7.51. The van der Waals surface area contributed by atoms with Gasteiger partial charge in [-0.1, -0.05) is 49.2 Å². The number of carboxylic acids is 1. The van der Waals surface area contributed by atoms with E-state index in [9.17, 15) is 9.90 Å². The van der Waals surface area contributed by atoms with Crippen LogP contribution in [0.15, 0.2) is 41.8 Å². The predicted molar refractivity (Wildman–Crippen MR) is 128 cm³/mol. The number of benzene rings is 1. The SMILES string of the molecule is CCCCc1nc(C(=O)O)c(/C=C(\Cc2cccs2)c2nn[nH]n2)n1Cc1ccccc1Cl. The van der Waals surface area contributed by atoms with Crippen molar-refractivity contribution in [3.63, 3.8) is 0 Å². The number of unbranched alkanes of at least 4 members (excludes halogenated alkanes) is 1. The Labute approximate surface area is 200 Å². The van der Waals surface area contributed by atoms with Gasteiger partial charge < -0.3 is 9.67 Å². The smallest absolute Gasteiger partial charge is 0.356 e. The van der Waals surface area contributed by atoms with Gasteiger partial charge in [-0.25, -0.2) is 9.78 Å². The van der Waals surface area contributed by atoms with Crippen molar-refractivity contribution in [1.29, 1.82) is 0 Å². The highest BCUT2D eigenvalue weighted by atomic mass is 35.5. The van der Waals surface area contributed by atoms with Crippen molar-refractivity contribution in [3.05, 3.63) is 80.3 Å². The first-order chi connectivity index (χ1) is 16.1. The van der Waals surface area contributed by atoms with Crippen LogP contribution in [0.4, 0.5) is 0 Å². The van der Waals surface area contributed by atoms with E-state index in [2.05, 4.69) is 32.5 Å². The second-order valence-corrected chi connectivity index (χ2v) is 8.95. The average Bonchev–Trinajstić information content (AvgIpc) is 3.56. The van der Waals surface area contributed by atoms with E-state index in [0.29, 0.717) is 41.8 Å². The number of rotatable bonds is 10. The van der Waals surface area contributed by atoms with E-state index in [0.717, 1.165) is 28.9 Å². The monoisotopic (exact) mass is 482 g/mol. The van der Waals surface area contributed by atoms with Gasteiger partial charge >= 0.3 is 5.97 Å². The lowest BCUT2D eigenvalue weighted by Gasteiger charge is -2.13. The molecule has 8 nitrogen and oxygen atoms in total. The molecular formula is C23H23ClN6O2S. The highest BCUT2D eigenvalue weighted by Crippen LogP contribution is 2.27. The van der Waals surface area contributed by atoms with Crippen molar-refractivity contribution in [1.82, 2.24) is 30.2 Å². The molecule has 3 aromatic heterocycles. The Bertz CT molecular complexity index is 1250. The molecule has 0 radical (unpaired) electrons. The molecule has 0 saturated carbocycles. The maximum absolute atomic E-state index is 12.2. The number of nitrogens with zero attached hydrogens (tertiary/aromatic N) is 5. The highest BCUT2D eigenvalue weighted by molar-refractivity contribution is 7.10. The fraction of sp³-hybridized carbons (Fsp3) is 0.261. The zero-order valence-electron chi connectivity index (χ0n) is 18.0. The molecule has 3 heterocycles. The number of allylic oxidation sites excluding steroid dienone is 1. The maximum atomic E-state index is 12.2. The number of aromatic nitrogens is 6. The van der Waals surface area contributed by atoms with Gasteiger partial charge in [0.15, 0.2) is 5.69 Å². The van der Waals surface area contributed by atoms with E-state index in [4.69, 9.17) is 11.6 Å². The Hall–Kier alpha value is -3.30. The van der Waals surface area contributed by atoms with Gasteiger partial charge in [0.2, 0.25) is 5.82 Å². The molecule has 0 atom stereocenters. The first-order valence-corrected chi connectivity index (χ1v) is 11.9. The predicted octanol–water partition coefficient (Wildman–Crippen LogP) is 4.98. The van der Waals surface area contributed by atoms with Crippen LogP contribution < -0.4 is 0 Å². The van der Waals surface area contributed by atoms with Gasteiger partial charge in [0.1, 0.15) is 5.82 Å². The lowest BCUT2D eigenvalue weighted by Crippen LogP contribution is -2.09. The van der Waals surface area contributed by atoms with Crippen LogP contribution in [0.5, 0.6) is 0 Å². The summed E-state index contributed by atoms with van der Waals surface area (Å²) in [6.45, 7) is 2.50. The Balaban J connectivity index is 1.87. The van der Waals surface area contributed by atoms with E-state index in [-0.39, 0.29) is 5.69 Å². The van der Waals surface area contributed by atoms with Gasteiger partial charge in [0.25, 0.3) is 0 Å². The third kappa shape index (κ3) is 5.37. The number of nitrogens with one attached hydrogen (secondary N) is 1. The number of hydrogen-bond acceptors (Lipinski definition) is 6. The maximum Gasteiger partial charge on any atom is 0.356 e. The van der Waals surface area contributed by atoms with E-state index in [1.54, 1.807) is 11.3 Å². The quantitative estimate of drug-likeness (QED) is 0.329. The summed E-state index contributed by atoms with van der Waals surface area (Å²) in [4.78, 5) is 17.8. The zero-order chi connectivity index (χ0) is 23.2. The number of aromatic carboxylic acids is 1. The number of H-pyrrole nitrogens is 1. The van der Waals surface area contributed by atoms with Gasteiger partial charge in [0, 0.05) is 28.3 Å². The van der Waals surface area contributed by atoms with Crippen LogP contribution in [-0.2, 0) is 19.4 Å². The number of carbonyl (C=O) groups is 1. The molecule has 0 aliphatic carbocycles. The number of thiophene rings is 1. The summed E-state index contributed by atoms with van der Waals surface area (Å²) in [7, 11) is 0. The molecule has 0 unspecified atom stereocenters. The third-order valence-electron chi connectivity index (χ3n) is 5.22. The molecule has 33 heavy (non-hydrogen) atoms. The van der Waals surface area contributed by atoms with Gasteiger partial charge in [-0.2, -0.15) is 5.21 Å². The molecule has 170 valence electrons. The molecule has 0 bridgehead atoms. The Morgan fingerprint density at radius 2 is 2.12 bits per heavy atom. The first kappa shape index (κ1) is 22.9. The minimum Gasteiger partial charge on any atom is -0.476 e. The molecule has 0 spiro atoms. The highest BCUT2D eigenvalue weighted by Gasteiger charge is 2.23. The van der Waals surface area contributed by atoms with Crippen LogP contribution in [0.25, 0.3) is 11.6 Å². The molecule has 0 aliphatic heterocycles. The molecule has 4 rings (SSSR count). The van der Waals surface area contributed by atoms with E-state index in [1.165, 1.54) is 0 Å².